The van der Waals surface area contributed by atoms with E-state index in [0.29, 0.717) is 11.9 Å². The van der Waals surface area contributed by atoms with E-state index in [1.54, 1.807) is 0 Å². The first-order valence-corrected chi connectivity index (χ1v) is 4.69. The third-order valence-electron chi connectivity index (χ3n) is 1.97. The van der Waals surface area contributed by atoms with Crippen LogP contribution < -0.4 is 0 Å². The van der Waals surface area contributed by atoms with Crippen LogP contribution in [-0.2, 0) is 5.88 Å². The molecule has 0 atom stereocenters. The van der Waals surface area contributed by atoms with Gasteiger partial charge in [0.15, 0.2) is 5.82 Å². The zero-order valence-corrected chi connectivity index (χ0v) is 8.12. The van der Waals surface area contributed by atoms with E-state index in [-0.39, 0.29) is 0 Å². The molecule has 0 unspecified atom stereocenters. The molecular formula is C7H13ClN4. The van der Waals surface area contributed by atoms with Crippen molar-refractivity contribution in [2.75, 3.05) is 0 Å². The summed E-state index contributed by atoms with van der Waals surface area (Å²) in [6, 6.07) is 0.383. The predicted molar refractivity (Wildman–Crippen MR) is 47.0 cm³/mol. The Morgan fingerprint density at radius 2 is 2.08 bits per heavy atom. The minimum absolute atomic E-state index is 0.378. The number of rotatable bonds is 4. The number of aromatic nitrogens is 4. The van der Waals surface area contributed by atoms with Gasteiger partial charge in [-0.2, -0.15) is 0 Å². The SMILES string of the molecule is CCC(CC)n1nnnc1CCl. The fraction of sp³-hybridized carbons (Fsp3) is 0.857. The molecule has 1 rings (SSSR count). The molecule has 0 radical (unpaired) electrons. The smallest absolute Gasteiger partial charge is 0.166 e. The first-order chi connectivity index (χ1) is 5.83. The summed E-state index contributed by atoms with van der Waals surface area (Å²) in [5, 5.41) is 11.3. The van der Waals surface area contributed by atoms with Gasteiger partial charge in [-0.3, -0.25) is 0 Å². The van der Waals surface area contributed by atoms with Crippen LogP contribution in [0.15, 0.2) is 0 Å². The van der Waals surface area contributed by atoms with Crippen molar-refractivity contribution in [2.45, 2.75) is 38.6 Å². The van der Waals surface area contributed by atoms with Gasteiger partial charge >= 0.3 is 0 Å². The number of tetrazole rings is 1. The third kappa shape index (κ3) is 1.75. The average molecular weight is 189 g/mol. The average Bonchev–Trinajstić information content (AvgIpc) is 2.55. The van der Waals surface area contributed by atoms with Crippen molar-refractivity contribution in [1.82, 2.24) is 20.2 Å². The van der Waals surface area contributed by atoms with E-state index in [2.05, 4.69) is 29.4 Å². The Hall–Kier alpha value is -0.640. The lowest BCUT2D eigenvalue weighted by molar-refractivity contribution is 0.409. The Labute approximate surface area is 76.9 Å². The van der Waals surface area contributed by atoms with Crippen LogP contribution in [0.5, 0.6) is 0 Å². The molecule has 68 valence electrons. The van der Waals surface area contributed by atoms with Crippen LogP contribution in [0, 0.1) is 0 Å². The van der Waals surface area contributed by atoms with Gasteiger partial charge in [-0.05, 0) is 23.3 Å². The van der Waals surface area contributed by atoms with E-state index >= 15 is 0 Å². The Kier molecular flexibility index (Phi) is 3.47. The molecular weight excluding hydrogens is 176 g/mol. The number of hydrogen-bond acceptors (Lipinski definition) is 3. The molecule has 0 aliphatic heterocycles. The number of nitrogens with zero attached hydrogens (tertiary/aromatic N) is 4. The van der Waals surface area contributed by atoms with E-state index in [0.717, 1.165) is 18.7 Å². The minimum Gasteiger partial charge on any atom is -0.225 e. The summed E-state index contributed by atoms with van der Waals surface area (Å²) in [5.41, 5.74) is 0. The highest BCUT2D eigenvalue weighted by molar-refractivity contribution is 6.16. The van der Waals surface area contributed by atoms with Crippen LogP contribution in [0.1, 0.15) is 38.6 Å². The fourth-order valence-electron chi connectivity index (χ4n) is 1.22. The quantitative estimate of drug-likeness (QED) is 0.677. The lowest BCUT2D eigenvalue weighted by Crippen LogP contribution is -2.11. The monoisotopic (exact) mass is 188 g/mol. The molecule has 0 amide bonds. The highest BCUT2D eigenvalue weighted by Gasteiger charge is 2.12. The molecule has 0 bridgehead atoms. The summed E-state index contributed by atoms with van der Waals surface area (Å²) in [4.78, 5) is 0. The maximum atomic E-state index is 5.67. The molecule has 0 aromatic carbocycles. The van der Waals surface area contributed by atoms with Crippen molar-refractivity contribution in [3.05, 3.63) is 5.82 Å². The van der Waals surface area contributed by atoms with Gasteiger partial charge in [-0.25, -0.2) is 4.68 Å². The Bertz CT molecular complexity index is 231. The molecule has 0 fully saturated rings. The topological polar surface area (TPSA) is 43.6 Å². The van der Waals surface area contributed by atoms with Crippen molar-refractivity contribution in [1.29, 1.82) is 0 Å². The molecule has 0 aliphatic rings. The molecule has 12 heavy (non-hydrogen) atoms. The van der Waals surface area contributed by atoms with Crippen molar-refractivity contribution in [3.63, 3.8) is 0 Å². The summed E-state index contributed by atoms with van der Waals surface area (Å²) in [5.74, 6) is 1.13. The number of hydrogen-bond donors (Lipinski definition) is 0. The molecule has 0 aliphatic carbocycles. The zero-order valence-electron chi connectivity index (χ0n) is 7.37. The molecule has 1 aromatic rings. The van der Waals surface area contributed by atoms with Crippen LogP contribution in [-0.4, -0.2) is 20.2 Å². The van der Waals surface area contributed by atoms with Gasteiger partial charge in [0, 0.05) is 0 Å². The van der Waals surface area contributed by atoms with Crippen molar-refractivity contribution < 1.29 is 0 Å². The Morgan fingerprint density at radius 1 is 1.42 bits per heavy atom. The van der Waals surface area contributed by atoms with Crippen LogP contribution in [0.3, 0.4) is 0 Å². The Morgan fingerprint density at radius 3 is 2.58 bits per heavy atom. The second-order valence-corrected chi connectivity index (χ2v) is 2.91. The lowest BCUT2D eigenvalue weighted by Gasteiger charge is -2.12. The molecule has 0 spiro atoms. The Balaban J connectivity index is 2.83. The third-order valence-corrected chi connectivity index (χ3v) is 2.21. The van der Waals surface area contributed by atoms with Gasteiger partial charge in [-0.1, -0.05) is 13.8 Å². The van der Waals surface area contributed by atoms with Gasteiger partial charge in [0.05, 0.1) is 11.9 Å². The van der Waals surface area contributed by atoms with E-state index in [9.17, 15) is 0 Å². The van der Waals surface area contributed by atoms with E-state index in [1.807, 2.05) is 4.68 Å². The first-order valence-electron chi connectivity index (χ1n) is 4.16. The fourth-order valence-corrected chi connectivity index (χ4v) is 1.39. The molecule has 1 aromatic heterocycles. The largest absolute Gasteiger partial charge is 0.225 e. The normalized spacial score (nSPS) is 11.0. The zero-order chi connectivity index (χ0) is 8.97. The summed E-state index contributed by atoms with van der Waals surface area (Å²) in [6.45, 7) is 4.24. The van der Waals surface area contributed by atoms with Gasteiger partial charge in [0.1, 0.15) is 0 Å². The molecule has 5 heteroatoms. The molecule has 4 nitrogen and oxygen atoms in total. The number of alkyl halides is 1. The summed E-state index contributed by atoms with van der Waals surface area (Å²) >= 11 is 5.67. The second-order valence-electron chi connectivity index (χ2n) is 2.64. The summed E-state index contributed by atoms with van der Waals surface area (Å²) < 4.78 is 1.81. The maximum absolute atomic E-state index is 5.67. The van der Waals surface area contributed by atoms with E-state index < -0.39 is 0 Å². The summed E-state index contributed by atoms with van der Waals surface area (Å²) in [6.07, 6.45) is 2.07. The minimum atomic E-state index is 0.378. The van der Waals surface area contributed by atoms with Crippen molar-refractivity contribution >= 4 is 11.6 Å². The molecule has 0 saturated heterocycles. The van der Waals surface area contributed by atoms with Crippen LogP contribution >= 0.6 is 11.6 Å². The lowest BCUT2D eigenvalue weighted by atomic mass is 10.2. The van der Waals surface area contributed by atoms with Gasteiger partial charge < -0.3 is 0 Å². The van der Waals surface area contributed by atoms with Crippen molar-refractivity contribution in [3.8, 4) is 0 Å². The number of halogens is 1. The predicted octanol–water partition coefficient (Wildman–Crippen LogP) is 1.77. The molecule has 0 saturated carbocycles. The van der Waals surface area contributed by atoms with Gasteiger partial charge in [0.25, 0.3) is 0 Å². The first kappa shape index (κ1) is 9.45. The van der Waals surface area contributed by atoms with Crippen LogP contribution in [0.25, 0.3) is 0 Å². The van der Waals surface area contributed by atoms with Crippen molar-refractivity contribution in [2.24, 2.45) is 0 Å². The van der Waals surface area contributed by atoms with Crippen LogP contribution in [0.2, 0.25) is 0 Å². The van der Waals surface area contributed by atoms with E-state index in [4.69, 9.17) is 11.6 Å². The molecule has 1 heterocycles. The highest BCUT2D eigenvalue weighted by atomic mass is 35.5. The van der Waals surface area contributed by atoms with Crippen LogP contribution in [0.4, 0.5) is 0 Å². The highest BCUT2D eigenvalue weighted by Crippen LogP contribution is 2.15. The van der Waals surface area contributed by atoms with E-state index in [1.165, 1.54) is 0 Å². The molecule has 0 N–H and O–H groups in total. The van der Waals surface area contributed by atoms with Gasteiger partial charge in [-0.15, -0.1) is 16.7 Å². The standard InChI is InChI=1S/C7H13ClN4/c1-3-6(4-2)12-7(5-8)9-10-11-12/h6H,3-5H2,1-2H3. The second kappa shape index (κ2) is 4.40. The van der Waals surface area contributed by atoms with Gasteiger partial charge in [0.2, 0.25) is 0 Å². The summed E-state index contributed by atoms with van der Waals surface area (Å²) in [7, 11) is 0. The maximum Gasteiger partial charge on any atom is 0.166 e.